The molecule has 0 saturated carbocycles. The van der Waals surface area contributed by atoms with Crippen molar-refractivity contribution >= 4 is 29.3 Å². The molecule has 0 saturated heterocycles. The first-order chi connectivity index (χ1) is 16.1. The maximum absolute atomic E-state index is 13.3. The van der Waals surface area contributed by atoms with Gasteiger partial charge in [0.15, 0.2) is 0 Å². The highest BCUT2D eigenvalue weighted by molar-refractivity contribution is 6.31. The number of rotatable bonds is 3. The number of carbonyl (C=O) groups excluding carboxylic acids is 1. The molecule has 1 heterocycles. The van der Waals surface area contributed by atoms with Gasteiger partial charge in [0.1, 0.15) is 0 Å². The van der Waals surface area contributed by atoms with E-state index in [0.29, 0.717) is 29.7 Å². The summed E-state index contributed by atoms with van der Waals surface area (Å²) in [4.78, 5) is 26.8. The first-order valence-corrected chi connectivity index (χ1v) is 10.8. The average molecular weight is 523 g/mol. The third kappa shape index (κ3) is 5.66. The van der Waals surface area contributed by atoms with Crippen molar-refractivity contribution in [1.82, 2.24) is 4.90 Å². The van der Waals surface area contributed by atoms with Crippen LogP contribution >= 0.6 is 11.6 Å². The van der Waals surface area contributed by atoms with Crippen molar-refractivity contribution in [2.45, 2.75) is 51.6 Å². The number of amides is 2. The van der Waals surface area contributed by atoms with E-state index >= 15 is 0 Å². The zero-order chi connectivity index (χ0) is 26.3. The predicted molar refractivity (Wildman–Crippen MR) is 116 cm³/mol. The van der Waals surface area contributed by atoms with Crippen LogP contribution in [-0.4, -0.2) is 28.6 Å². The summed E-state index contributed by atoms with van der Waals surface area (Å²) in [7, 11) is 0. The minimum atomic E-state index is -5.03. The van der Waals surface area contributed by atoms with Crippen LogP contribution in [0.15, 0.2) is 30.3 Å². The topological polar surface area (TPSA) is 60.9 Å². The van der Waals surface area contributed by atoms with Crippen molar-refractivity contribution in [3.63, 3.8) is 0 Å². The molecule has 0 aliphatic carbocycles. The Bertz CT molecular complexity index is 1120. The van der Waals surface area contributed by atoms with Gasteiger partial charge in [-0.25, -0.2) is 4.79 Å². The van der Waals surface area contributed by atoms with Crippen molar-refractivity contribution in [3.8, 4) is 0 Å². The van der Waals surface area contributed by atoms with E-state index in [1.54, 1.807) is 6.92 Å². The molecule has 1 unspecified atom stereocenters. The second-order valence-electron chi connectivity index (χ2n) is 8.26. The number of halogens is 7. The summed E-state index contributed by atoms with van der Waals surface area (Å²) >= 11 is 6.20. The zero-order valence-electron chi connectivity index (χ0n) is 18.6. The van der Waals surface area contributed by atoms with E-state index in [1.807, 2.05) is 0 Å². The molecule has 190 valence electrons. The van der Waals surface area contributed by atoms with Gasteiger partial charge in [0, 0.05) is 25.0 Å². The smallest absolute Gasteiger partial charge is 0.416 e. The summed E-state index contributed by atoms with van der Waals surface area (Å²) in [6, 6.07) is 3.43. The van der Waals surface area contributed by atoms with Crippen LogP contribution in [0.3, 0.4) is 0 Å². The summed E-state index contributed by atoms with van der Waals surface area (Å²) in [5, 5.41) is 9.97. The Kier molecular flexibility index (Phi) is 7.31. The van der Waals surface area contributed by atoms with Crippen molar-refractivity contribution in [3.05, 3.63) is 63.2 Å². The van der Waals surface area contributed by atoms with Gasteiger partial charge in [0.05, 0.1) is 22.9 Å². The quantitative estimate of drug-likeness (QED) is 0.439. The van der Waals surface area contributed by atoms with Crippen LogP contribution in [0.4, 0.5) is 36.8 Å². The molecule has 35 heavy (non-hydrogen) atoms. The van der Waals surface area contributed by atoms with E-state index in [4.69, 9.17) is 11.6 Å². The highest BCUT2D eigenvalue weighted by Crippen LogP contribution is 2.42. The molecule has 0 spiro atoms. The first-order valence-electron chi connectivity index (χ1n) is 10.5. The van der Waals surface area contributed by atoms with Crippen molar-refractivity contribution < 1.29 is 41.0 Å². The molecule has 2 amide bonds. The standard InChI is InChI=1S/C23H21ClF6N2O3/c1-12-18(24)6-5-17-19(4-3-7-31(20(12)17)21(34)35)32(13(2)33)11-14-8-15(22(25,26)27)10-16(9-14)23(28,29)30/h5-6,8-10,19H,3-4,7,11H2,1-2H3,(H,34,35). The van der Waals surface area contributed by atoms with Gasteiger partial charge in [-0.15, -0.1) is 0 Å². The van der Waals surface area contributed by atoms with Crippen molar-refractivity contribution in [2.75, 3.05) is 11.4 Å². The molecule has 1 aliphatic rings. The van der Waals surface area contributed by atoms with Gasteiger partial charge >= 0.3 is 18.4 Å². The number of hydrogen-bond donors (Lipinski definition) is 1. The minimum absolute atomic E-state index is 0.0264. The maximum Gasteiger partial charge on any atom is 0.416 e. The number of benzene rings is 2. The lowest BCUT2D eigenvalue weighted by molar-refractivity contribution is -0.143. The van der Waals surface area contributed by atoms with E-state index in [0.717, 1.165) is 16.7 Å². The highest BCUT2D eigenvalue weighted by Gasteiger charge is 2.38. The Morgan fingerprint density at radius 3 is 2.14 bits per heavy atom. The second kappa shape index (κ2) is 9.60. The van der Waals surface area contributed by atoms with Gasteiger partial charge in [-0.05, 0) is 60.7 Å². The minimum Gasteiger partial charge on any atom is -0.465 e. The molecular formula is C23H21ClF6N2O3. The fourth-order valence-corrected chi connectivity index (χ4v) is 4.45. The van der Waals surface area contributed by atoms with E-state index in [1.165, 1.54) is 12.1 Å². The summed E-state index contributed by atoms with van der Waals surface area (Å²) in [6.45, 7) is 2.29. The number of carbonyl (C=O) groups is 2. The number of anilines is 1. The van der Waals surface area contributed by atoms with E-state index in [2.05, 4.69) is 0 Å². The van der Waals surface area contributed by atoms with Gasteiger partial charge < -0.3 is 10.0 Å². The van der Waals surface area contributed by atoms with Gasteiger partial charge in [-0.2, -0.15) is 26.3 Å². The molecule has 3 rings (SSSR count). The number of alkyl halides is 6. The molecule has 0 radical (unpaired) electrons. The van der Waals surface area contributed by atoms with Gasteiger partial charge in [0.25, 0.3) is 0 Å². The monoisotopic (exact) mass is 522 g/mol. The molecule has 2 aromatic rings. The van der Waals surface area contributed by atoms with E-state index in [9.17, 15) is 41.0 Å². The molecule has 0 bridgehead atoms. The Hall–Kier alpha value is -2.95. The lowest BCUT2D eigenvalue weighted by Gasteiger charge is -2.33. The molecule has 1 N–H and O–H groups in total. The third-order valence-corrected chi connectivity index (χ3v) is 6.31. The maximum atomic E-state index is 13.3. The van der Waals surface area contributed by atoms with Crippen LogP contribution in [0.25, 0.3) is 0 Å². The SMILES string of the molecule is CC(=O)N(Cc1cc(C(F)(F)F)cc(C(F)(F)F)c1)C1CCCN(C(=O)O)c2c1ccc(Cl)c2C. The summed E-state index contributed by atoms with van der Waals surface area (Å²) in [6.07, 6.45) is -10.8. The van der Waals surface area contributed by atoms with Crippen molar-refractivity contribution in [2.24, 2.45) is 0 Å². The highest BCUT2D eigenvalue weighted by atomic mass is 35.5. The van der Waals surface area contributed by atoms with Crippen LogP contribution in [-0.2, 0) is 23.7 Å². The van der Waals surface area contributed by atoms with E-state index < -0.39 is 48.1 Å². The van der Waals surface area contributed by atoms with Gasteiger partial charge in [-0.1, -0.05) is 17.7 Å². The number of fused-ring (bicyclic) bond motifs is 1. The molecule has 5 nitrogen and oxygen atoms in total. The van der Waals surface area contributed by atoms with Crippen LogP contribution in [0.1, 0.15) is 53.6 Å². The van der Waals surface area contributed by atoms with Crippen LogP contribution in [0.5, 0.6) is 0 Å². The summed E-state index contributed by atoms with van der Waals surface area (Å²) < 4.78 is 79.9. The first kappa shape index (κ1) is 26.7. The fraction of sp³-hybridized carbons (Fsp3) is 0.391. The molecular weight excluding hydrogens is 502 g/mol. The zero-order valence-corrected chi connectivity index (χ0v) is 19.4. The Balaban J connectivity index is 2.13. The van der Waals surface area contributed by atoms with Crippen LogP contribution in [0.2, 0.25) is 5.02 Å². The molecule has 2 aromatic carbocycles. The lowest BCUT2D eigenvalue weighted by atomic mass is 9.96. The Morgan fingerprint density at radius 2 is 1.66 bits per heavy atom. The normalized spacial score (nSPS) is 16.5. The second-order valence-corrected chi connectivity index (χ2v) is 8.67. The number of carboxylic acid groups (broad SMARTS) is 1. The molecule has 1 aliphatic heterocycles. The third-order valence-electron chi connectivity index (χ3n) is 5.90. The molecule has 0 fully saturated rings. The largest absolute Gasteiger partial charge is 0.465 e. The van der Waals surface area contributed by atoms with E-state index in [-0.39, 0.29) is 35.3 Å². The predicted octanol–water partition coefficient (Wildman–Crippen LogP) is 7.05. The number of hydrogen-bond acceptors (Lipinski definition) is 2. The Morgan fingerprint density at radius 1 is 1.09 bits per heavy atom. The molecule has 0 aromatic heterocycles. The van der Waals surface area contributed by atoms with Gasteiger partial charge in [0.2, 0.25) is 5.91 Å². The lowest BCUT2D eigenvalue weighted by Crippen LogP contribution is -2.33. The fourth-order valence-electron chi connectivity index (χ4n) is 4.30. The molecule has 12 heteroatoms. The summed E-state index contributed by atoms with van der Waals surface area (Å²) in [5.41, 5.74) is -2.24. The summed E-state index contributed by atoms with van der Waals surface area (Å²) in [5.74, 6) is -0.594. The van der Waals surface area contributed by atoms with Crippen LogP contribution in [0, 0.1) is 6.92 Å². The Labute approximate surface area is 201 Å². The van der Waals surface area contributed by atoms with Crippen LogP contribution < -0.4 is 4.90 Å². The van der Waals surface area contributed by atoms with Crippen molar-refractivity contribution in [1.29, 1.82) is 0 Å². The number of nitrogens with zero attached hydrogens (tertiary/aromatic N) is 2. The molecule has 1 atom stereocenters. The average Bonchev–Trinajstić information content (AvgIpc) is 2.93. The van der Waals surface area contributed by atoms with Gasteiger partial charge in [-0.3, -0.25) is 9.69 Å².